The molecule has 0 fully saturated rings. The van der Waals surface area contributed by atoms with Crippen molar-refractivity contribution < 1.29 is 31.1 Å². The number of H-pyrrole nitrogens is 1. The van der Waals surface area contributed by atoms with Gasteiger partial charge in [0.15, 0.2) is 11.6 Å². The first-order valence-corrected chi connectivity index (χ1v) is 11.0. The number of anilines is 2. The summed E-state index contributed by atoms with van der Waals surface area (Å²) in [6.07, 6.45) is -7.13. The summed E-state index contributed by atoms with van der Waals surface area (Å²) < 4.78 is 78.4. The van der Waals surface area contributed by atoms with E-state index in [2.05, 4.69) is 40.4 Å². The van der Waals surface area contributed by atoms with Gasteiger partial charge in [0.1, 0.15) is 34.4 Å². The monoisotopic (exact) mass is 537 g/mol. The second-order valence-electron chi connectivity index (χ2n) is 8.84. The fourth-order valence-electron chi connectivity index (χ4n) is 4.25. The average molecular weight is 537 g/mol. The number of amides is 1. The number of carbonyl (C=O) groups excluding carboxylic acids is 1. The standard InChI is InChI=1S/C22H17F6N9O/c1-8-12-14(31-11(32-16(12)37-36-8)5-6-21(24,25)22(26,27)28)18-33-15(29)13-17(34-18)35-19(38)20(13,2)10-4-3-9(23)7-30-10/h3-4,7H,5-6H2,1-2H3,(H,31,32,36,37)(H3,29,33,34,35,38). The number of nitrogens with one attached hydrogen (secondary N) is 2. The zero-order valence-corrected chi connectivity index (χ0v) is 19.6. The number of nitrogen functional groups attached to an aromatic ring is 1. The van der Waals surface area contributed by atoms with E-state index in [1.807, 2.05) is 0 Å². The Kier molecular flexibility index (Phi) is 5.54. The van der Waals surface area contributed by atoms with Crippen LogP contribution in [0.15, 0.2) is 18.3 Å². The summed E-state index contributed by atoms with van der Waals surface area (Å²) in [6, 6.07) is 2.45. The van der Waals surface area contributed by atoms with E-state index in [9.17, 15) is 31.1 Å². The Bertz CT molecular complexity index is 1540. The van der Waals surface area contributed by atoms with Crippen molar-refractivity contribution in [3.63, 3.8) is 0 Å². The predicted molar refractivity (Wildman–Crippen MR) is 120 cm³/mol. The van der Waals surface area contributed by atoms with Gasteiger partial charge in [-0.2, -0.15) is 27.1 Å². The fourth-order valence-corrected chi connectivity index (χ4v) is 4.25. The van der Waals surface area contributed by atoms with Gasteiger partial charge >= 0.3 is 12.1 Å². The lowest BCUT2D eigenvalue weighted by atomic mass is 9.81. The molecular weight excluding hydrogens is 520 g/mol. The van der Waals surface area contributed by atoms with Crippen molar-refractivity contribution in [2.24, 2.45) is 0 Å². The third-order valence-corrected chi connectivity index (χ3v) is 6.31. The molecule has 16 heteroatoms. The molecule has 38 heavy (non-hydrogen) atoms. The van der Waals surface area contributed by atoms with E-state index in [1.54, 1.807) is 6.92 Å². The quantitative estimate of drug-likeness (QED) is 0.327. The molecule has 0 bridgehead atoms. The minimum atomic E-state index is -5.72. The summed E-state index contributed by atoms with van der Waals surface area (Å²) in [5.41, 5.74) is 5.71. The normalized spacial score (nSPS) is 17.6. The maximum absolute atomic E-state index is 13.5. The smallest absolute Gasteiger partial charge is 0.383 e. The van der Waals surface area contributed by atoms with Crippen LogP contribution in [-0.4, -0.2) is 53.1 Å². The van der Waals surface area contributed by atoms with E-state index >= 15 is 0 Å². The predicted octanol–water partition coefficient (Wildman–Crippen LogP) is 3.57. The zero-order valence-electron chi connectivity index (χ0n) is 19.6. The Morgan fingerprint density at radius 1 is 1.08 bits per heavy atom. The van der Waals surface area contributed by atoms with Crippen molar-refractivity contribution in [1.29, 1.82) is 0 Å². The van der Waals surface area contributed by atoms with E-state index in [1.165, 1.54) is 13.0 Å². The van der Waals surface area contributed by atoms with Crippen LogP contribution < -0.4 is 11.1 Å². The zero-order chi connectivity index (χ0) is 27.6. The number of fused-ring (bicyclic) bond motifs is 2. The molecule has 0 aliphatic carbocycles. The fraction of sp³-hybridized carbons (Fsp3) is 0.318. The maximum Gasteiger partial charge on any atom is 0.453 e. The Morgan fingerprint density at radius 3 is 2.47 bits per heavy atom. The van der Waals surface area contributed by atoms with Crippen molar-refractivity contribution in [3.8, 4) is 22.9 Å². The molecule has 3 aliphatic rings. The molecule has 0 saturated heterocycles. The number of aryl methyl sites for hydroxylation is 2. The molecule has 10 nitrogen and oxygen atoms in total. The van der Waals surface area contributed by atoms with Crippen LogP contribution in [0.3, 0.4) is 0 Å². The number of aromatic nitrogens is 7. The number of nitrogens with two attached hydrogens (primary N) is 1. The highest BCUT2D eigenvalue weighted by molar-refractivity contribution is 6.08. The number of halogens is 6. The molecule has 198 valence electrons. The summed E-state index contributed by atoms with van der Waals surface area (Å²) in [4.78, 5) is 32.4. The third-order valence-electron chi connectivity index (χ3n) is 6.31. The van der Waals surface area contributed by atoms with Crippen molar-refractivity contribution in [1.82, 2.24) is 35.1 Å². The Morgan fingerprint density at radius 2 is 1.82 bits per heavy atom. The van der Waals surface area contributed by atoms with E-state index in [0.717, 1.165) is 12.3 Å². The van der Waals surface area contributed by atoms with Crippen LogP contribution in [-0.2, 0) is 16.6 Å². The van der Waals surface area contributed by atoms with Gasteiger partial charge in [0, 0.05) is 12.8 Å². The molecule has 1 atom stereocenters. The van der Waals surface area contributed by atoms with Crippen molar-refractivity contribution >= 4 is 17.5 Å². The number of alkyl halides is 5. The average Bonchev–Trinajstić information content (AvgIpc) is 3.34. The van der Waals surface area contributed by atoms with Crippen molar-refractivity contribution in [2.75, 3.05) is 11.1 Å². The van der Waals surface area contributed by atoms with Gasteiger partial charge < -0.3 is 16.0 Å². The van der Waals surface area contributed by atoms with Crippen LogP contribution >= 0.6 is 0 Å². The molecule has 1 amide bonds. The molecule has 0 radical (unpaired) electrons. The number of hydrogen-bond donors (Lipinski definition) is 3. The Hall–Kier alpha value is -4.37. The van der Waals surface area contributed by atoms with Gasteiger partial charge in [0.2, 0.25) is 5.91 Å². The van der Waals surface area contributed by atoms with E-state index in [-0.39, 0.29) is 51.6 Å². The van der Waals surface area contributed by atoms with Gasteiger partial charge in [-0.3, -0.25) is 9.78 Å². The first-order chi connectivity index (χ1) is 17.7. The molecule has 0 saturated carbocycles. The van der Waals surface area contributed by atoms with Gasteiger partial charge in [0.25, 0.3) is 0 Å². The number of rotatable bonds is 5. The lowest BCUT2D eigenvalue weighted by Gasteiger charge is -2.22. The van der Waals surface area contributed by atoms with Crippen molar-refractivity contribution in [2.45, 2.75) is 44.2 Å². The second-order valence-corrected chi connectivity index (χ2v) is 8.84. The molecule has 5 rings (SSSR count). The topological polar surface area (TPSA) is 148 Å². The maximum atomic E-state index is 13.5. The van der Waals surface area contributed by atoms with Gasteiger partial charge in [-0.1, -0.05) is 0 Å². The molecule has 2 aromatic heterocycles. The van der Waals surface area contributed by atoms with Crippen LogP contribution in [0.5, 0.6) is 0 Å². The SMILES string of the molecule is Cc1nnc2[nH]c(CCC(F)(F)C(F)(F)F)nc(-c3nc(N)c4c(n3)NC(=O)C4(C)c3ccc(F)cn3)c1-2. The van der Waals surface area contributed by atoms with E-state index in [4.69, 9.17) is 5.73 Å². The molecule has 5 heterocycles. The number of pyridine rings is 1. The largest absolute Gasteiger partial charge is 0.453 e. The molecule has 4 N–H and O–H groups in total. The lowest BCUT2D eigenvalue weighted by molar-refractivity contribution is -0.284. The molecule has 1 unspecified atom stereocenters. The molecule has 0 aromatic carbocycles. The summed E-state index contributed by atoms with van der Waals surface area (Å²) in [6.45, 7) is 3.08. The van der Waals surface area contributed by atoms with Crippen LogP contribution in [0.25, 0.3) is 22.9 Å². The Labute approximate surface area is 209 Å². The van der Waals surface area contributed by atoms with Crippen LogP contribution in [0, 0.1) is 12.7 Å². The van der Waals surface area contributed by atoms with E-state index < -0.39 is 42.1 Å². The summed E-state index contributed by atoms with van der Waals surface area (Å²) in [5.74, 6) is -6.61. The molecule has 3 aliphatic heterocycles. The summed E-state index contributed by atoms with van der Waals surface area (Å²) >= 11 is 0. The van der Waals surface area contributed by atoms with Gasteiger partial charge in [-0.25, -0.2) is 19.3 Å². The van der Waals surface area contributed by atoms with Gasteiger partial charge in [0.05, 0.1) is 28.7 Å². The number of carbonyl (C=O) groups is 1. The summed E-state index contributed by atoms with van der Waals surface area (Å²) in [7, 11) is 0. The van der Waals surface area contributed by atoms with Crippen molar-refractivity contribution in [3.05, 3.63) is 46.9 Å². The minimum absolute atomic E-state index is 0.00388. The van der Waals surface area contributed by atoms with Gasteiger partial charge in [-0.15, -0.1) is 5.10 Å². The van der Waals surface area contributed by atoms with E-state index in [0.29, 0.717) is 5.69 Å². The lowest BCUT2D eigenvalue weighted by Crippen LogP contribution is -2.36. The molecular formula is C22H17F6N9O. The molecule has 0 spiro atoms. The number of hydrogen-bond acceptors (Lipinski definition) is 8. The molecule has 2 aromatic rings. The minimum Gasteiger partial charge on any atom is -0.383 e. The highest BCUT2D eigenvalue weighted by atomic mass is 19.4. The third kappa shape index (κ3) is 3.86. The Balaban J connectivity index is 1.60. The summed E-state index contributed by atoms with van der Waals surface area (Å²) in [5, 5.41) is 10.4. The highest BCUT2D eigenvalue weighted by Gasteiger charge is 2.56. The second kappa shape index (κ2) is 8.32. The van der Waals surface area contributed by atoms with Gasteiger partial charge in [-0.05, 0) is 26.0 Å². The number of nitrogens with zero attached hydrogens (tertiary/aromatic N) is 6. The van der Waals surface area contributed by atoms with Crippen LogP contribution in [0.4, 0.5) is 38.0 Å². The highest BCUT2D eigenvalue weighted by Crippen LogP contribution is 2.45. The first kappa shape index (κ1) is 25.3. The van der Waals surface area contributed by atoms with Crippen LogP contribution in [0.1, 0.15) is 36.1 Å². The van der Waals surface area contributed by atoms with Crippen LogP contribution in [0.2, 0.25) is 0 Å². The number of aromatic amines is 1. The first-order valence-electron chi connectivity index (χ1n) is 11.0.